The fourth-order valence-corrected chi connectivity index (χ4v) is 14.9. The smallest absolute Gasteiger partial charge is 0.259 e. The molecule has 2 aliphatic heterocycles. The first-order chi connectivity index (χ1) is 43.3. The van der Waals surface area contributed by atoms with Crippen LogP contribution >= 0.6 is 0 Å². The maximum atomic E-state index is 16.0. The van der Waals surface area contributed by atoms with E-state index in [9.17, 15) is 0 Å². The van der Waals surface area contributed by atoms with Gasteiger partial charge in [-0.25, -0.2) is 0 Å². The van der Waals surface area contributed by atoms with Crippen molar-refractivity contribution in [3.8, 4) is 23.7 Å². The third-order valence-electron chi connectivity index (χ3n) is 19.8. The number of anilines is 2. The van der Waals surface area contributed by atoms with Gasteiger partial charge in [0.2, 0.25) is 0 Å². The van der Waals surface area contributed by atoms with Crippen molar-refractivity contribution < 1.29 is 9.59 Å². The number of hydrogen-bond acceptors (Lipinski definition) is 2. The summed E-state index contributed by atoms with van der Waals surface area (Å²) < 4.78 is 0. The van der Waals surface area contributed by atoms with E-state index in [0.29, 0.717) is 36.1 Å². The SMILES string of the molecule is CCCCCCCCC(CCCCCC)CN1C(=O)/C(=C2/C(=O)N(CC(CCCCCC)CCCCCCCC)c3cc(C#Cc4ccc5ccc6cccc7ccc4c5c67)ccc32)c2ccc(C#Cc3ccc4ccc5cccc6ccc3c4c56)cc21. The highest BCUT2D eigenvalue weighted by Crippen LogP contribution is 2.49. The van der Waals surface area contributed by atoms with Crippen LogP contribution < -0.4 is 9.80 Å². The number of carbonyl (C=O) groups excluding carboxylic acids is 2. The fraction of sp³-hybridized carbons (Fsp3) is 0.381. The Morgan fingerprint density at radius 2 is 0.648 bits per heavy atom. The van der Waals surface area contributed by atoms with Crippen molar-refractivity contribution in [1.29, 1.82) is 0 Å². The molecule has 0 saturated heterocycles. The van der Waals surface area contributed by atoms with Crippen molar-refractivity contribution in [3.05, 3.63) is 179 Å². The quantitative estimate of drug-likeness (QED) is 0.0212. The Morgan fingerprint density at radius 1 is 0.330 bits per heavy atom. The first kappa shape index (κ1) is 60.4. The summed E-state index contributed by atoms with van der Waals surface area (Å²) in [6.07, 6.45) is 28.8. The van der Waals surface area contributed by atoms with Gasteiger partial charge in [0.05, 0.1) is 22.5 Å². The molecule has 0 saturated carbocycles. The summed E-state index contributed by atoms with van der Waals surface area (Å²) in [5.74, 6) is 15.0. The number of hydrogen-bond donors (Lipinski definition) is 0. The number of unbranched alkanes of at least 4 members (excludes halogenated alkanes) is 16. The topological polar surface area (TPSA) is 40.6 Å². The van der Waals surface area contributed by atoms with Crippen molar-refractivity contribution in [2.75, 3.05) is 22.9 Å². The van der Waals surface area contributed by atoms with Gasteiger partial charge in [0.25, 0.3) is 11.8 Å². The maximum absolute atomic E-state index is 16.0. The van der Waals surface area contributed by atoms with Gasteiger partial charge in [-0.3, -0.25) is 9.59 Å². The monoisotopic (exact) mass is 1160 g/mol. The van der Waals surface area contributed by atoms with Gasteiger partial charge < -0.3 is 9.80 Å². The number of fused-ring (bicyclic) bond motifs is 2. The zero-order valence-corrected chi connectivity index (χ0v) is 53.1. The van der Waals surface area contributed by atoms with Crippen LogP contribution in [0.2, 0.25) is 0 Å². The molecule has 0 spiro atoms. The van der Waals surface area contributed by atoms with E-state index in [1.165, 1.54) is 157 Å². The Morgan fingerprint density at radius 3 is 1.02 bits per heavy atom. The number of nitrogens with zero attached hydrogens (tertiary/aromatic N) is 2. The van der Waals surface area contributed by atoms with E-state index in [1.807, 2.05) is 0 Å². The van der Waals surface area contributed by atoms with E-state index in [0.717, 1.165) is 107 Å². The number of rotatable bonds is 28. The van der Waals surface area contributed by atoms with Gasteiger partial charge in [-0.15, -0.1) is 0 Å². The second-order valence-electron chi connectivity index (χ2n) is 26.0. The van der Waals surface area contributed by atoms with Gasteiger partial charge in [0, 0.05) is 46.5 Å². The van der Waals surface area contributed by atoms with Crippen LogP contribution in [0.5, 0.6) is 0 Å². The average molecular weight is 1160 g/mol. The zero-order valence-electron chi connectivity index (χ0n) is 53.1. The maximum Gasteiger partial charge on any atom is 0.259 e. The van der Waals surface area contributed by atoms with Gasteiger partial charge in [-0.05, 0) is 139 Å². The first-order valence-corrected chi connectivity index (χ1v) is 34.4. The van der Waals surface area contributed by atoms with Crippen molar-refractivity contribution in [2.24, 2.45) is 11.8 Å². The summed E-state index contributed by atoms with van der Waals surface area (Å²) in [6.45, 7) is 10.4. The van der Waals surface area contributed by atoms with Crippen LogP contribution in [0.1, 0.15) is 215 Å². The van der Waals surface area contributed by atoms with Crippen molar-refractivity contribution in [3.63, 3.8) is 0 Å². The Kier molecular flexibility index (Phi) is 19.5. The summed E-state index contributed by atoms with van der Waals surface area (Å²) in [4.78, 5) is 36.2. The molecule has 2 aliphatic rings. The molecular formula is C84H90N2O2. The summed E-state index contributed by atoms with van der Waals surface area (Å²) in [7, 11) is 0. The van der Waals surface area contributed by atoms with Crippen LogP contribution in [0, 0.1) is 35.5 Å². The molecule has 0 bridgehead atoms. The molecule has 2 heterocycles. The van der Waals surface area contributed by atoms with Gasteiger partial charge >= 0.3 is 0 Å². The lowest BCUT2D eigenvalue weighted by Gasteiger charge is -2.25. The molecule has 0 radical (unpaired) electrons. The predicted octanol–water partition coefficient (Wildman–Crippen LogP) is 22.6. The summed E-state index contributed by atoms with van der Waals surface area (Å²) >= 11 is 0. The van der Waals surface area contributed by atoms with E-state index < -0.39 is 0 Å². The van der Waals surface area contributed by atoms with Crippen LogP contribution in [-0.4, -0.2) is 24.9 Å². The highest BCUT2D eigenvalue weighted by molar-refractivity contribution is 6.50. The standard InChI is InChI=1S/C84H90N2O2/c1-5-9-13-17-19-23-29-61(27-21-15-11-7-3)57-85-75-55-59(35-39-63-41-43-69-47-45-65-31-25-33-67-49-53-71(63)79(69)77(65)67)37-51-73(75)81(83(85)87)82-74-52-38-60(36-40-64-42-44-70-48-46-66-32-26-34-68-50-54-72(64)80(70)78(66)68)56-76(74)86(84(82)88)58-62(28-22-16-12-8-4)30-24-20-18-14-10-6-2/h25-26,31-34,37-38,41-56,61-62H,5-24,27-30,57-58H2,1-4H3/b82-81+. The second kappa shape index (κ2) is 28.5. The van der Waals surface area contributed by atoms with Crippen LogP contribution in [0.4, 0.5) is 11.4 Å². The van der Waals surface area contributed by atoms with Gasteiger partial charge in [0.1, 0.15) is 0 Å². The molecule has 0 aromatic heterocycles. The average Bonchev–Trinajstić information content (AvgIpc) is 1.39. The summed E-state index contributed by atoms with van der Waals surface area (Å²) in [6, 6.07) is 52.3. The van der Waals surface area contributed by atoms with Gasteiger partial charge in [-0.2, -0.15) is 0 Å². The highest BCUT2D eigenvalue weighted by Gasteiger charge is 2.43. The molecule has 448 valence electrons. The summed E-state index contributed by atoms with van der Waals surface area (Å²) in [5, 5.41) is 14.8. The molecule has 2 unspecified atom stereocenters. The van der Waals surface area contributed by atoms with Gasteiger partial charge in [0.15, 0.2) is 0 Å². The van der Waals surface area contributed by atoms with Crippen LogP contribution in [0.25, 0.3) is 75.8 Å². The van der Waals surface area contributed by atoms with Crippen molar-refractivity contribution in [2.45, 2.75) is 182 Å². The molecule has 0 fully saturated rings. The lowest BCUT2D eigenvalue weighted by Crippen LogP contribution is -2.34. The molecule has 10 aromatic carbocycles. The van der Waals surface area contributed by atoms with Crippen molar-refractivity contribution in [1.82, 2.24) is 0 Å². The zero-order chi connectivity index (χ0) is 60.3. The predicted molar refractivity (Wildman–Crippen MR) is 377 cm³/mol. The third kappa shape index (κ3) is 12.8. The minimum absolute atomic E-state index is 0.0642. The third-order valence-corrected chi connectivity index (χ3v) is 19.8. The molecule has 2 amide bonds. The molecule has 4 nitrogen and oxygen atoms in total. The molecule has 88 heavy (non-hydrogen) atoms. The molecule has 2 atom stereocenters. The lowest BCUT2D eigenvalue weighted by atomic mass is 9.92. The molecule has 0 N–H and O–H groups in total. The Balaban J connectivity index is 0.956. The Bertz CT molecular complexity index is 3960. The van der Waals surface area contributed by atoms with Gasteiger partial charge in [-0.1, -0.05) is 289 Å². The first-order valence-electron chi connectivity index (χ1n) is 34.4. The normalized spacial score (nSPS) is 14.7. The fourth-order valence-electron chi connectivity index (χ4n) is 14.9. The number of benzene rings is 10. The number of carbonyl (C=O) groups is 2. The minimum atomic E-state index is -0.0642. The minimum Gasteiger partial charge on any atom is -0.307 e. The summed E-state index contributed by atoms with van der Waals surface area (Å²) in [5.41, 5.74) is 8.16. The Labute approximate surface area is 524 Å². The van der Waals surface area contributed by atoms with E-state index >= 15 is 9.59 Å². The molecule has 4 heteroatoms. The van der Waals surface area contributed by atoms with E-state index in [-0.39, 0.29) is 11.8 Å². The largest absolute Gasteiger partial charge is 0.307 e. The van der Waals surface area contributed by atoms with Crippen LogP contribution in [0.15, 0.2) is 146 Å². The Hall–Kier alpha value is -7.92. The van der Waals surface area contributed by atoms with E-state index in [1.54, 1.807) is 0 Å². The van der Waals surface area contributed by atoms with E-state index in [2.05, 4.69) is 207 Å². The molecule has 0 aliphatic carbocycles. The highest BCUT2D eigenvalue weighted by atomic mass is 16.2. The number of amides is 2. The molecular weight excluding hydrogens is 1070 g/mol. The van der Waals surface area contributed by atoms with E-state index in [4.69, 9.17) is 0 Å². The molecule has 10 aromatic rings. The van der Waals surface area contributed by atoms with Crippen LogP contribution in [-0.2, 0) is 9.59 Å². The lowest BCUT2D eigenvalue weighted by molar-refractivity contribution is -0.114. The second-order valence-corrected chi connectivity index (χ2v) is 26.0. The molecule has 12 rings (SSSR count). The van der Waals surface area contributed by atoms with Crippen molar-refractivity contribution >= 4 is 99.0 Å². The van der Waals surface area contributed by atoms with Crippen LogP contribution in [0.3, 0.4) is 0 Å².